The number of anilines is 2. The van der Waals surface area contributed by atoms with Crippen LogP contribution in [0.15, 0.2) is 46.6 Å². The molecule has 0 radical (unpaired) electrons. The van der Waals surface area contributed by atoms with E-state index in [1.165, 1.54) is 19.1 Å². The predicted octanol–water partition coefficient (Wildman–Crippen LogP) is 5.37. The second-order valence-electron chi connectivity index (χ2n) is 7.11. The molecule has 0 saturated carbocycles. The van der Waals surface area contributed by atoms with Crippen molar-refractivity contribution in [3.8, 4) is 0 Å². The van der Waals surface area contributed by atoms with Crippen molar-refractivity contribution < 1.29 is 19.2 Å². The van der Waals surface area contributed by atoms with E-state index < -0.39 is 4.92 Å². The zero-order chi connectivity index (χ0) is 24.1. The fraction of sp³-hybridized carbons (Fsp3) is 0.333. The number of hydrogen-bond donors (Lipinski definition) is 1. The van der Waals surface area contributed by atoms with Crippen LogP contribution in [0.3, 0.4) is 0 Å². The molecule has 12 heteroatoms. The number of nitro benzene ring substituents is 1. The molecular weight excluding hydrogens is 448 g/mol. The van der Waals surface area contributed by atoms with Crippen molar-refractivity contribution in [2.75, 3.05) is 24.4 Å². The maximum Gasteiger partial charge on any atom is 0.270 e. The van der Waals surface area contributed by atoms with Gasteiger partial charge in [-0.15, -0.1) is 10.2 Å². The molecule has 33 heavy (non-hydrogen) atoms. The van der Waals surface area contributed by atoms with Crippen LogP contribution < -0.4 is 10.2 Å². The fourth-order valence-corrected chi connectivity index (χ4v) is 3.89. The molecule has 0 spiro atoms. The Bertz CT molecular complexity index is 1190. The summed E-state index contributed by atoms with van der Waals surface area (Å²) in [5, 5.41) is 23.4. The third-order valence-corrected chi connectivity index (χ3v) is 5.72. The number of benzene rings is 2. The highest BCUT2D eigenvalue weighted by Crippen LogP contribution is 2.37. The van der Waals surface area contributed by atoms with Crippen molar-refractivity contribution in [3.63, 3.8) is 0 Å². The van der Waals surface area contributed by atoms with Gasteiger partial charge in [-0.25, -0.2) is 0 Å². The summed E-state index contributed by atoms with van der Waals surface area (Å²) < 4.78 is 15.2. The molecule has 2 unspecified atom stereocenters. The fourth-order valence-electron chi connectivity index (χ4n) is 3.21. The van der Waals surface area contributed by atoms with Crippen LogP contribution in [0.1, 0.15) is 20.8 Å². The van der Waals surface area contributed by atoms with Crippen molar-refractivity contribution in [2.45, 2.75) is 33.2 Å². The maximum atomic E-state index is 11.8. The Kier molecular flexibility index (Phi) is 7.63. The Morgan fingerprint density at radius 2 is 1.85 bits per heavy atom. The molecule has 2 aromatic carbocycles. The first kappa shape index (κ1) is 24.2. The Labute approximate surface area is 194 Å². The number of methoxy groups -OCH3 is 2. The smallest absolute Gasteiger partial charge is 0.270 e. The van der Waals surface area contributed by atoms with Gasteiger partial charge in [0.05, 0.1) is 16.1 Å². The van der Waals surface area contributed by atoms with E-state index in [9.17, 15) is 14.9 Å². The molecule has 11 nitrogen and oxygen atoms in total. The van der Waals surface area contributed by atoms with Crippen molar-refractivity contribution in [3.05, 3.63) is 46.5 Å². The van der Waals surface area contributed by atoms with Crippen molar-refractivity contribution in [1.82, 2.24) is 4.37 Å². The number of nitrogens with one attached hydrogen (secondary N) is 1. The van der Waals surface area contributed by atoms with Crippen LogP contribution in [0.4, 0.5) is 27.8 Å². The summed E-state index contributed by atoms with van der Waals surface area (Å²) in [7, 11) is 3.20. The number of rotatable bonds is 9. The van der Waals surface area contributed by atoms with E-state index in [2.05, 4.69) is 19.9 Å². The topological polar surface area (TPSA) is 132 Å². The average Bonchev–Trinajstić information content (AvgIpc) is 3.20. The molecule has 0 fully saturated rings. The van der Waals surface area contributed by atoms with Crippen LogP contribution >= 0.6 is 11.5 Å². The van der Waals surface area contributed by atoms with Crippen LogP contribution in [0.25, 0.3) is 10.9 Å². The summed E-state index contributed by atoms with van der Waals surface area (Å²) in [6.07, 6.45) is -0.589. The number of non-ortho nitro benzene ring substituents is 1. The molecule has 174 valence electrons. The second kappa shape index (κ2) is 10.4. The number of nitrogens with zero attached hydrogens (tertiary/aromatic N) is 5. The molecule has 1 aromatic heterocycles. The number of ether oxygens (including phenoxy) is 2. The molecule has 3 rings (SSSR count). The van der Waals surface area contributed by atoms with Crippen LogP contribution in [-0.4, -0.2) is 41.9 Å². The standard InChI is InChI=1S/C21H24N6O5S/c1-12(28)22-20-11-15(26(13(2)31-4)14(3)32-5)6-9-19(20)23-24-21-17-10-16(27(29)30)7-8-18(17)25-33-21/h6-11,13-14H,1-5H3,(H,22,28)/b24-23-. The van der Waals surface area contributed by atoms with E-state index in [-0.39, 0.29) is 24.1 Å². The van der Waals surface area contributed by atoms with E-state index in [0.29, 0.717) is 27.3 Å². The molecule has 3 aromatic rings. The van der Waals surface area contributed by atoms with Gasteiger partial charge >= 0.3 is 0 Å². The van der Waals surface area contributed by atoms with Gasteiger partial charge in [-0.1, -0.05) is 0 Å². The lowest BCUT2D eigenvalue weighted by Crippen LogP contribution is -2.42. The molecule has 0 bridgehead atoms. The van der Waals surface area contributed by atoms with Crippen molar-refractivity contribution in [2.24, 2.45) is 10.2 Å². The van der Waals surface area contributed by atoms with Crippen molar-refractivity contribution >= 4 is 56.1 Å². The number of aromatic nitrogens is 1. The number of hydrogen-bond acceptors (Lipinski definition) is 10. The van der Waals surface area contributed by atoms with Gasteiger partial charge in [0.25, 0.3) is 5.69 Å². The molecule has 0 aliphatic rings. The van der Waals surface area contributed by atoms with E-state index in [0.717, 1.165) is 17.2 Å². The van der Waals surface area contributed by atoms with Crippen LogP contribution in [0, 0.1) is 10.1 Å². The van der Waals surface area contributed by atoms with Crippen LogP contribution in [0.2, 0.25) is 0 Å². The SMILES string of the molecule is COC(C)N(c1ccc(/N=N\c2snc3ccc([N+](=O)[O-])cc23)c(NC(C)=O)c1)C(C)OC. The van der Waals surface area contributed by atoms with E-state index in [4.69, 9.17) is 9.47 Å². The molecular formula is C21H24N6O5S. The van der Waals surface area contributed by atoms with Crippen molar-refractivity contribution in [1.29, 1.82) is 0 Å². The summed E-state index contributed by atoms with van der Waals surface area (Å²) in [6, 6.07) is 9.68. The molecule has 1 heterocycles. The number of nitro groups is 1. The van der Waals surface area contributed by atoms with Gasteiger partial charge in [-0.05, 0) is 49.6 Å². The summed E-state index contributed by atoms with van der Waals surface area (Å²) in [5.41, 5.74) is 2.15. The summed E-state index contributed by atoms with van der Waals surface area (Å²) in [5.74, 6) is -0.270. The maximum absolute atomic E-state index is 11.8. The summed E-state index contributed by atoms with van der Waals surface area (Å²) in [6.45, 7) is 5.17. The number of carbonyl (C=O) groups excluding carboxylic acids is 1. The van der Waals surface area contributed by atoms with Gasteiger partial charge in [-0.2, -0.15) is 4.37 Å². The Hall–Kier alpha value is -3.48. The second-order valence-corrected chi connectivity index (χ2v) is 7.86. The van der Waals surface area contributed by atoms with Gasteiger partial charge in [0.2, 0.25) is 5.91 Å². The molecule has 0 saturated heterocycles. The van der Waals surface area contributed by atoms with Gasteiger partial charge in [0.1, 0.15) is 18.1 Å². The summed E-state index contributed by atoms with van der Waals surface area (Å²) in [4.78, 5) is 24.4. The van der Waals surface area contributed by atoms with Gasteiger partial charge in [0.15, 0.2) is 5.00 Å². The number of amides is 1. The zero-order valence-electron chi connectivity index (χ0n) is 18.8. The zero-order valence-corrected chi connectivity index (χ0v) is 19.6. The predicted molar refractivity (Wildman–Crippen MR) is 127 cm³/mol. The lowest BCUT2D eigenvalue weighted by molar-refractivity contribution is -0.384. The largest absolute Gasteiger partial charge is 0.362 e. The Balaban J connectivity index is 2.01. The quantitative estimate of drug-likeness (QED) is 0.192. The first-order valence-electron chi connectivity index (χ1n) is 9.96. The normalized spacial score (nSPS) is 13.2. The van der Waals surface area contributed by atoms with E-state index in [1.807, 2.05) is 24.8 Å². The third kappa shape index (κ3) is 5.48. The van der Waals surface area contributed by atoms with Crippen LogP contribution in [0.5, 0.6) is 0 Å². The highest BCUT2D eigenvalue weighted by Gasteiger charge is 2.21. The number of carbonyl (C=O) groups is 1. The lowest BCUT2D eigenvalue weighted by atomic mass is 10.2. The Morgan fingerprint density at radius 1 is 1.15 bits per heavy atom. The highest BCUT2D eigenvalue weighted by molar-refractivity contribution is 7.11. The third-order valence-electron chi connectivity index (χ3n) is 4.96. The van der Waals surface area contributed by atoms with E-state index >= 15 is 0 Å². The Morgan fingerprint density at radius 3 is 2.45 bits per heavy atom. The minimum atomic E-state index is -0.473. The molecule has 1 N–H and O–H groups in total. The molecule has 1 amide bonds. The number of fused-ring (bicyclic) bond motifs is 1. The van der Waals surface area contributed by atoms with Gasteiger partial charge in [-0.3, -0.25) is 14.9 Å². The monoisotopic (exact) mass is 472 g/mol. The number of azo groups is 1. The first-order valence-corrected chi connectivity index (χ1v) is 10.7. The summed E-state index contributed by atoms with van der Waals surface area (Å²) >= 11 is 1.08. The first-order chi connectivity index (χ1) is 15.7. The van der Waals surface area contributed by atoms with Crippen LogP contribution in [-0.2, 0) is 14.3 Å². The lowest BCUT2D eigenvalue weighted by Gasteiger charge is -2.35. The van der Waals surface area contributed by atoms with Gasteiger partial charge < -0.3 is 19.7 Å². The molecule has 0 aliphatic heterocycles. The minimum Gasteiger partial charge on any atom is -0.362 e. The minimum absolute atomic E-state index is 0.0537. The van der Waals surface area contributed by atoms with Gasteiger partial charge in [0, 0.05) is 44.3 Å². The molecule has 2 atom stereocenters. The molecule has 0 aliphatic carbocycles. The van der Waals surface area contributed by atoms with E-state index in [1.54, 1.807) is 32.4 Å². The highest BCUT2D eigenvalue weighted by atomic mass is 32.1. The average molecular weight is 473 g/mol.